The standard InChI is InChI=1S/C59H54N3O.Pt/c1-37(2)44-30-45(38(3)4)32-47(31-44)42-23-26-54(39(5)29-42)62-55-19-14-18-51(57(55)61-58(62)52-17-12-13-20-56(52)63)48-33-46(40-15-10-9-11-16-40)34-49(35-48)53-36-43(27-28-60-53)41-21-24-50(25-22-41)59(6,7)8;/h9-34,36-38,63H,1-8H3;/q-1;/i5D3,6D3,7D3,8D3,37D,38D;. The second kappa shape index (κ2) is 18.0. The van der Waals surface area contributed by atoms with Crippen LogP contribution in [0.5, 0.6) is 5.75 Å². The Hall–Kier alpha value is -6.35. The summed E-state index contributed by atoms with van der Waals surface area (Å²) in [5, 5.41) is 11.5. The Kier molecular flexibility index (Phi) is 8.42. The number of phenolic OH excluding ortho intramolecular Hbond substituents is 1. The summed E-state index contributed by atoms with van der Waals surface area (Å²) in [6.07, 6.45) is 1.59. The maximum atomic E-state index is 11.5. The molecule has 9 aromatic rings. The van der Waals surface area contributed by atoms with E-state index in [1.165, 1.54) is 30.3 Å². The summed E-state index contributed by atoms with van der Waals surface area (Å²) in [7, 11) is 0. The van der Waals surface area contributed by atoms with Gasteiger partial charge >= 0.3 is 0 Å². The van der Waals surface area contributed by atoms with Gasteiger partial charge < -0.3 is 5.11 Å². The van der Waals surface area contributed by atoms with Crippen molar-refractivity contribution >= 4 is 11.0 Å². The third-order valence-corrected chi connectivity index (χ3v) is 11.4. The first-order valence-corrected chi connectivity index (χ1v) is 20.7. The van der Waals surface area contributed by atoms with Gasteiger partial charge in [-0.15, -0.1) is 23.8 Å². The molecule has 0 aliphatic carbocycles. The maximum absolute atomic E-state index is 11.5. The van der Waals surface area contributed by atoms with Crippen molar-refractivity contribution in [2.75, 3.05) is 0 Å². The molecule has 9 rings (SSSR count). The number of hydrogen-bond acceptors (Lipinski definition) is 3. The van der Waals surface area contributed by atoms with Crippen LogP contribution in [0.1, 0.15) is 101 Å². The summed E-state index contributed by atoms with van der Waals surface area (Å²) in [4.78, 5) is 9.99. The summed E-state index contributed by atoms with van der Waals surface area (Å²) in [6, 6.07) is 49.3. The number of rotatable bonds is 9. The molecule has 7 aromatic carbocycles. The first kappa shape index (κ1) is 29.9. The van der Waals surface area contributed by atoms with Crippen molar-refractivity contribution in [2.24, 2.45) is 0 Å². The average molecular weight is 1030 g/mol. The topological polar surface area (TPSA) is 50.9 Å². The molecule has 64 heavy (non-hydrogen) atoms. The van der Waals surface area contributed by atoms with E-state index in [-0.39, 0.29) is 43.8 Å². The van der Waals surface area contributed by atoms with Gasteiger partial charge in [0.2, 0.25) is 0 Å². The summed E-state index contributed by atoms with van der Waals surface area (Å²) in [6.45, 7) is -5.81. The van der Waals surface area contributed by atoms with Crippen molar-refractivity contribution in [1.82, 2.24) is 14.5 Å². The Bertz CT molecular complexity index is 3610. The zero-order valence-electron chi connectivity index (χ0n) is 49.7. The van der Waals surface area contributed by atoms with Crippen LogP contribution >= 0.6 is 0 Å². The third-order valence-electron chi connectivity index (χ3n) is 11.4. The number of para-hydroxylation sites is 2. The van der Waals surface area contributed by atoms with Crippen molar-refractivity contribution in [2.45, 2.75) is 72.3 Å². The summed E-state index contributed by atoms with van der Waals surface area (Å²) in [5.41, 5.74) is 5.83. The first-order valence-electron chi connectivity index (χ1n) is 27.7. The fraction of sp³-hybridized carbons (Fsp3) is 0.186. The van der Waals surface area contributed by atoms with Crippen LogP contribution in [-0.4, -0.2) is 19.6 Å². The van der Waals surface area contributed by atoms with Gasteiger partial charge in [-0.2, -0.15) is 0 Å². The molecule has 5 heteroatoms. The molecule has 0 unspecified atom stereocenters. The Morgan fingerprint density at radius 1 is 0.609 bits per heavy atom. The van der Waals surface area contributed by atoms with E-state index in [1.54, 1.807) is 80.9 Å². The monoisotopic (exact) mass is 1030 g/mol. The van der Waals surface area contributed by atoms with Gasteiger partial charge in [0.05, 0.1) is 22.3 Å². The molecule has 0 saturated carbocycles. The van der Waals surface area contributed by atoms with E-state index in [1.807, 2.05) is 84.9 Å². The third kappa shape index (κ3) is 8.77. The van der Waals surface area contributed by atoms with Gasteiger partial charge in [0.25, 0.3) is 0 Å². The minimum Gasteiger partial charge on any atom is -0.507 e. The van der Waals surface area contributed by atoms with E-state index in [4.69, 9.17) is 29.2 Å². The Labute approximate surface area is 412 Å². The van der Waals surface area contributed by atoms with E-state index in [2.05, 4.69) is 6.07 Å². The van der Waals surface area contributed by atoms with Gasteiger partial charge in [0, 0.05) is 52.1 Å². The zero-order chi connectivity index (χ0) is 55.8. The summed E-state index contributed by atoms with van der Waals surface area (Å²) < 4.78 is 120. The molecule has 0 aliphatic rings. The van der Waals surface area contributed by atoms with Crippen LogP contribution in [0.4, 0.5) is 0 Å². The molecule has 0 spiro atoms. The molecule has 2 aromatic heterocycles. The fourth-order valence-corrected chi connectivity index (χ4v) is 8.01. The molecule has 0 aliphatic heterocycles. The van der Waals surface area contributed by atoms with Crippen LogP contribution in [0.15, 0.2) is 164 Å². The van der Waals surface area contributed by atoms with Crippen LogP contribution in [0.3, 0.4) is 0 Å². The Morgan fingerprint density at radius 3 is 1.95 bits per heavy atom. The first-order chi connectivity index (χ1) is 35.9. The second-order valence-corrected chi connectivity index (χ2v) is 16.3. The van der Waals surface area contributed by atoms with Gasteiger partial charge in [0.15, 0.2) is 0 Å². The molecule has 0 radical (unpaired) electrons. The fourth-order valence-electron chi connectivity index (χ4n) is 8.01. The number of fused-ring (bicyclic) bond motifs is 1. The number of aryl methyl sites for hydroxylation is 1. The summed E-state index contributed by atoms with van der Waals surface area (Å²) >= 11 is 0. The van der Waals surface area contributed by atoms with Crippen molar-refractivity contribution < 1.29 is 45.4 Å². The average Bonchev–Trinajstić information content (AvgIpc) is 3.93. The van der Waals surface area contributed by atoms with Gasteiger partial charge in [-0.1, -0.05) is 174 Å². The predicted octanol–water partition coefficient (Wildman–Crippen LogP) is 15.8. The zero-order valence-corrected chi connectivity index (χ0v) is 38.0. The quantitative estimate of drug-likeness (QED) is 0.147. The second-order valence-electron chi connectivity index (χ2n) is 16.3. The van der Waals surface area contributed by atoms with Crippen molar-refractivity contribution in [3.8, 4) is 78.6 Å². The number of aromatic nitrogens is 3. The van der Waals surface area contributed by atoms with Crippen LogP contribution in [0.2, 0.25) is 0 Å². The van der Waals surface area contributed by atoms with E-state index in [0.717, 1.165) is 11.1 Å². The van der Waals surface area contributed by atoms with Gasteiger partial charge in [0.1, 0.15) is 11.6 Å². The number of pyridine rings is 1. The molecule has 1 N–H and O–H groups in total. The van der Waals surface area contributed by atoms with Crippen LogP contribution in [0, 0.1) is 12.9 Å². The minimum atomic E-state index is -3.41. The van der Waals surface area contributed by atoms with Gasteiger partial charge in [-0.25, -0.2) is 4.98 Å². The number of benzene rings is 7. The molecular formula is C59H54N3OPt-. The number of nitrogens with zero attached hydrogens (tertiary/aromatic N) is 3. The molecule has 322 valence electrons. The number of imidazole rings is 1. The van der Waals surface area contributed by atoms with Crippen LogP contribution in [-0.2, 0) is 26.5 Å². The van der Waals surface area contributed by atoms with Crippen molar-refractivity contribution in [1.29, 1.82) is 0 Å². The predicted molar refractivity (Wildman–Crippen MR) is 264 cm³/mol. The Morgan fingerprint density at radius 2 is 1.25 bits per heavy atom. The summed E-state index contributed by atoms with van der Waals surface area (Å²) in [5.74, 6) is -1.82. The molecule has 0 saturated heterocycles. The van der Waals surface area contributed by atoms with Gasteiger partial charge in [-0.3, -0.25) is 9.55 Å². The number of aromatic hydroxyl groups is 1. The molecule has 0 fully saturated rings. The van der Waals surface area contributed by atoms with E-state index in [0.29, 0.717) is 78.0 Å². The van der Waals surface area contributed by atoms with Crippen molar-refractivity contribution in [3.05, 3.63) is 192 Å². The molecule has 0 bridgehead atoms. The normalized spacial score (nSPS) is 16.0. The van der Waals surface area contributed by atoms with Crippen molar-refractivity contribution in [3.63, 3.8) is 0 Å². The van der Waals surface area contributed by atoms with E-state index in [9.17, 15) is 5.11 Å². The Balaban J connectivity index is 0.00000803. The molecule has 0 amide bonds. The smallest absolute Gasteiger partial charge is 0.148 e. The molecular weight excluding hydrogens is 962 g/mol. The van der Waals surface area contributed by atoms with E-state index >= 15 is 0 Å². The number of hydrogen-bond donors (Lipinski definition) is 1. The largest absolute Gasteiger partial charge is 0.507 e. The number of phenols is 1. The van der Waals surface area contributed by atoms with Crippen LogP contribution < -0.4 is 0 Å². The van der Waals surface area contributed by atoms with Crippen LogP contribution in [0.25, 0.3) is 83.9 Å². The molecule has 2 heterocycles. The molecule has 4 nitrogen and oxygen atoms in total. The van der Waals surface area contributed by atoms with E-state index < -0.39 is 44.6 Å². The maximum Gasteiger partial charge on any atom is 0.148 e. The molecule has 0 atom stereocenters. The minimum absolute atomic E-state index is 0. The van der Waals surface area contributed by atoms with Gasteiger partial charge in [-0.05, 0) is 111 Å². The SMILES string of the molecule is [2H]C([2H])([2H])c1cc(-c2cc(C([2H])(C)C)cc(C([2H])(C)C)c2)ccc1-n1c(-c2ccccc2O)nc2c(-c3[c-]c(-c4cc(-c5ccc(C(C([2H])([2H])[2H])(C([2H])([2H])[2H])C([2H])([2H])[2H])cc5)ccn4)cc(-c4ccccc4)c3)cccc21.[Pt].